The van der Waals surface area contributed by atoms with E-state index in [-0.39, 0.29) is 42.0 Å². The van der Waals surface area contributed by atoms with Crippen LogP contribution in [0.15, 0.2) is 51.9 Å². The van der Waals surface area contributed by atoms with Gasteiger partial charge in [-0.05, 0) is 56.0 Å². The molecule has 10 nitrogen and oxygen atoms in total. The fraction of sp³-hybridized carbons (Fsp3) is 0.357. The molecule has 0 unspecified atom stereocenters. The van der Waals surface area contributed by atoms with E-state index in [0.717, 1.165) is 32.0 Å². The van der Waals surface area contributed by atoms with E-state index in [0.29, 0.717) is 37.3 Å². The summed E-state index contributed by atoms with van der Waals surface area (Å²) in [4.78, 5) is 16.5. The summed E-state index contributed by atoms with van der Waals surface area (Å²) in [6, 6.07) is 13.9. The average Bonchev–Trinajstić information content (AvgIpc) is 3.44. The molecule has 0 radical (unpaired) electrons. The van der Waals surface area contributed by atoms with Crippen LogP contribution < -0.4 is 14.8 Å². The zero-order valence-corrected chi connectivity index (χ0v) is 23.1. The number of ether oxygens (including phenoxy) is 2. The molecule has 2 bridgehead atoms. The van der Waals surface area contributed by atoms with Crippen LogP contribution in [0, 0.1) is 13.8 Å². The van der Waals surface area contributed by atoms with E-state index in [9.17, 15) is 13.2 Å². The van der Waals surface area contributed by atoms with E-state index >= 15 is 0 Å². The number of hydrogen-bond acceptors (Lipinski definition) is 7. The number of rotatable bonds is 3. The minimum atomic E-state index is -4.04. The maximum absolute atomic E-state index is 13.6. The number of hydrogen-bond donors (Lipinski definition) is 2. The molecule has 2 aromatic carbocycles. The third kappa shape index (κ3) is 5.50. The highest BCUT2D eigenvalue weighted by atomic mass is 32.2. The number of H-pyrrole nitrogens is 1. The molecular weight excluding hydrogens is 520 g/mol. The first-order valence-electron chi connectivity index (χ1n) is 12.9. The number of sulfonamides is 1. The molecule has 0 aliphatic carbocycles. The van der Waals surface area contributed by atoms with E-state index in [4.69, 9.17) is 14.0 Å². The van der Waals surface area contributed by atoms with Gasteiger partial charge in [0.25, 0.3) is 0 Å². The van der Waals surface area contributed by atoms with E-state index < -0.39 is 10.0 Å². The predicted molar refractivity (Wildman–Crippen MR) is 146 cm³/mol. The van der Waals surface area contributed by atoms with Gasteiger partial charge in [-0.3, -0.25) is 4.79 Å². The Labute approximate surface area is 227 Å². The highest BCUT2D eigenvalue weighted by Crippen LogP contribution is 2.31. The average molecular weight is 553 g/mol. The Bertz CT molecular complexity index is 1590. The van der Waals surface area contributed by atoms with Gasteiger partial charge in [0.05, 0.1) is 20.3 Å². The molecule has 1 amide bonds. The number of aryl methyl sites for hydroxylation is 2. The molecule has 39 heavy (non-hydrogen) atoms. The van der Waals surface area contributed by atoms with Crippen LogP contribution in [-0.4, -0.2) is 62.1 Å². The van der Waals surface area contributed by atoms with Crippen molar-refractivity contribution < 1.29 is 27.2 Å². The number of fused-ring (bicyclic) bond motifs is 5. The molecule has 0 atom stereocenters. The first-order chi connectivity index (χ1) is 18.8. The number of carbonyl (C=O) groups excluding carboxylic acids is 1. The summed E-state index contributed by atoms with van der Waals surface area (Å²) < 4.78 is 45.0. The number of aromatic nitrogens is 2. The van der Waals surface area contributed by atoms with Crippen molar-refractivity contribution in [1.29, 1.82) is 0 Å². The summed E-state index contributed by atoms with van der Waals surface area (Å²) >= 11 is 0. The van der Waals surface area contributed by atoms with Crippen LogP contribution in [0.5, 0.6) is 11.5 Å². The standard InChI is InChI=1S/C28H32N4O6S/c1-18-28(19(2)38-31-18)39(34,35)32-13-6-14-37-26-16-20(9-10-25(26)36-3)15-24-22(11-12-29-27(33)17-32)21-7-4-5-8-23(21)30-24/h4-5,7-10,16,30H,6,11-15,17H2,1-3H3,(H,29,33). The highest BCUT2D eigenvalue weighted by molar-refractivity contribution is 7.89. The molecule has 5 rings (SSSR count). The van der Waals surface area contributed by atoms with Gasteiger partial charge in [-0.2, -0.15) is 4.31 Å². The summed E-state index contributed by atoms with van der Waals surface area (Å²) in [6.07, 6.45) is 1.60. The Morgan fingerprint density at radius 3 is 2.72 bits per heavy atom. The molecule has 3 heterocycles. The van der Waals surface area contributed by atoms with Crippen LogP contribution >= 0.6 is 0 Å². The van der Waals surface area contributed by atoms with Gasteiger partial charge in [-0.15, -0.1) is 0 Å². The van der Waals surface area contributed by atoms with E-state index in [2.05, 4.69) is 21.5 Å². The minimum absolute atomic E-state index is 0.0107. The van der Waals surface area contributed by atoms with Gasteiger partial charge in [0, 0.05) is 36.1 Å². The third-order valence-electron chi connectivity index (χ3n) is 6.90. The van der Waals surface area contributed by atoms with E-state index in [1.165, 1.54) is 0 Å². The topological polar surface area (TPSA) is 127 Å². The normalized spacial score (nSPS) is 15.9. The highest BCUT2D eigenvalue weighted by Gasteiger charge is 2.32. The Hall–Kier alpha value is -3.83. The van der Waals surface area contributed by atoms with E-state index in [1.54, 1.807) is 21.0 Å². The van der Waals surface area contributed by atoms with Gasteiger partial charge in [0.1, 0.15) is 10.6 Å². The molecule has 0 saturated heterocycles. The van der Waals surface area contributed by atoms with Gasteiger partial charge < -0.3 is 24.3 Å². The summed E-state index contributed by atoms with van der Waals surface area (Å²) in [5.74, 6) is 0.977. The number of nitrogens with one attached hydrogen (secondary N) is 2. The van der Waals surface area contributed by atoms with Gasteiger partial charge >= 0.3 is 0 Å². The minimum Gasteiger partial charge on any atom is -0.493 e. The number of nitrogens with zero attached hydrogens (tertiary/aromatic N) is 2. The fourth-order valence-electron chi connectivity index (χ4n) is 5.06. The summed E-state index contributed by atoms with van der Waals surface area (Å²) in [5, 5.41) is 7.80. The SMILES string of the molecule is COc1ccc2cc1OCCCN(S(=O)(=O)c1c(C)noc1C)CC(=O)NCCc1c([nH]c3ccccc13)C2. The zero-order chi connectivity index (χ0) is 27.6. The summed E-state index contributed by atoms with van der Waals surface area (Å²) in [5.41, 5.74) is 4.48. The molecule has 1 aliphatic heterocycles. The monoisotopic (exact) mass is 552 g/mol. The summed E-state index contributed by atoms with van der Waals surface area (Å²) in [7, 11) is -2.45. The molecule has 1 aliphatic rings. The number of benzene rings is 2. The van der Waals surface area contributed by atoms with Crippen molar-refractivity contribution in [3.63, 3.8) is 0 Å². The molecule has 4 aromatic rings. The third-order valence-corrected chi connectivity index (χ3v) is 8.99. The number of methoxy groups -OCH3 is 1. The van der Waals surface area contributed by atoms with Crippen LogP contribution in [0.25, 0.3) is 10.9 Å². The lowest BCUT2D eigenvalue weighted by atomic mass is 10.0. The van der Waals surface area contributed by atoms with E-state index in [1.807, 2.05) is 36.4 Å². The second kappa shape index (κ2) is 11.1. The van der Waals surface area contributed by atoms with Gasteiger partial charge in [-0.1, -0.05) is 29.4 Å². The number of carbonyl (C=O) groups is 1. The van der Waals surface area contributed by atoms with Gasteiger partial charge in [-0.25, -0.2) is 8.42 Å². The first-order valence-corrected chi connectivity index (χ1v) is 14.3. The predicted octanol–water partition coefficient (Wildman–Crippen LogP) is 3.50. The lowest BCUT2D eigenvalue weighted by Gasteiger charge is -2.22. The lowest BCUT2D eigenvalue weighted by Crippen LogP contribution is -2.42. The zero-order valence-electron chi connectivity index (χ0n) is 22.2. The van der Waals surface area contributed by atoms with Crippen molar-refractivity contribution in [3.8, 4) is 11.5 Å². The molecular formula is C28H32N4O6S. The molecule has 2 aromatic heterocycles. The van der Waals surface area contributed by atoms with Crippen molar-refractivity contribution in [1.82, 2.24) is 19.8 Å². The smallest absolute Gasteiger partial charge is 0.248 e. The van der Waals surface area contributed by atoms with Crippen molar-refractivity contribution in [2.24, 2.45) is 0 Å². The van der Waals surface area contributed by atoms with Crippen LogP contribution in [0.2, 0.25) is 0 Å². The Kier molecular flexibility index (Phi) is 7.62. The van der Waals surface area contributed by atoms with Crippen LogP contribution in [0.3, 0.4) is 0 Å². The second-order valence-corrected chi connectivity index (χ2v) is 11.5. The largest absolute Gasteiger partial charge is 0.493 e. The maximum Gasteiger partial charge on any atom is 0.248 e. The van der Waals surface area contributed by atoms with Crippen LogP contribution in [0.1, 0.15) is 34.7 Å². The quantitative estimate of drug-likeness (QED) is 0.398. The van der Waals surface area contributed by atoms with Crippen LogP contribution in [0.4, 0.5) is 0 Å². The molecule has 11 heteroatoms. The summed E-state index contributed by atoms with van der Waals surface area (Å²) in [6.45, 7) is 3.46. The molecule has 0 spiro atoms. The van der Waals surface area contributed by atoms with Crippen LogP contribution in [-0.2, 0) is 27.7 Å². The van der Waals surface area contributed by atoms with Crippen molar-refractivity contribution in [3.05, 3.63) is 70.7 Å². The molecule has 0 fully saturated rings. The number of para-hydroxylation sites is 1. The first kappa shape index (κ1) is 26.8. The number of amides is 1. The van der Waals surface area contributed by atoms with Crippen molar-refractivity contribution in [2.75, 3.05) is 33.4 Å². The molecule has 2 N–H and O–H groups in total. The molecule has 206 valence electrons. The lowest BCUT2D eigenvalue weighted by molar-refractivity contribution is -0.121. The molecule has 0 saturated carbocycles. The number of aromatic amines is 1. The Morgan fingerprint density at radius 1 is 1.13 bits per heavy atom. The Morgan fingerprint density at radius 2 is 1.95 bits per heavy atom. The van der Waals surface area contributed by atoms with Gasteiger partial charge in [0.2, 0.25) is 15.9 Å². The van der Waals surface area contributed by atoms with Crippen molar-refractivity contribution >= 4 is 26.8 Å². The Balaban J connectivity index is 1.49. The maximum atomic E-state index is 13.6. The second-order valence-electron chi connectivity index (χ2n) is 9.58. The fourth-order valence-corrected chi connectivity index (χ4v) is 6.79. The van der Waals surface area contributed by atoms with Gasteiger partial charge in [0.15, 0.2) is 17.3 Å². The van der Waals surface area contributed by atoms with Crippen molar-refractivity contribution in [2.45, 2.75) is 38.0 Å².